The average Bonchev–Trinajstić information content (AvgIpc) is 3.49. The van der Waals surface area contributed by atoms with Gasteiger partial charge in [-0.15, -0.1) is 11.8 Å². The summed E-state index contributed by atoms with van der Waals surface area (Å²) < 4.78 is 16.2. The normalized spacial score (nSPS) is 18.2. The molecule has 3 aromatic rings. The molecule has 1 fully saturated rings. The van der Waals surface area contributed by atoms with Crippen molar-refractivity contribution in [3.63, 3.8) is 0 Å². The number of carbonyl (C=O) groups excluding carboxylic acids is 2. The Labute approximate surface area is 221 Å². The first kappa shape index (κ1) is 25.5. The Morgan fingerprint density at radius 3 is 2.46 bits per heavy atom. The van der Waals surface area contributed by atoms with Crippen molar-refractivity contribution >= 4 is 29.4 Å². The number of aryl methyl sites for hydroxylation is 1. The molecule has 0 unspecified atom stereocenters. The number of thioether (sulfide) groups is 1. The number of hydrogen-bond acceptors (Lipinski definition) is 4. The van der Waals surface area contributed by atoms with Crippen LogP contribution < -0.4 is 4.90 Å². The van der Waals surface area contributed by atoms with Crippen molar-refractivity contribution in [3.05, 3.63) is 76.7 Å². The zero-order chi connectivity index (χ0) is 26.3. The number of benzene rings is 2. The first-order valence-corrected chi connectivity index (χ1v) is 13.8. The molecule has 0 spiro atoms. The molecule has 0 aliphatic carbocycles. The van der Waals surface area contributed by atoms with Gasteiger partial charge in [0.2, 0.25) is 11.8 Å². The van der Waals surface area contributed by atoms with E-state index in [1.54, 1.807) is 11.0 Å². The Morgan fingerprint density at radius 1 is 1.11 bits per heavy atom. The maximum absolute atomic E-state index is 14.4. The lowest BCUT2D eigenvalue weighted by atomic mass is 9.87. The van der Waals surface area contributed by atoms with Crippen molar-refractivity contribution < 1.29 is 14.0 Å². The van der Waals surface area contributed by atoms with Crippen molar-refractivity contribution in [2.45, 2.75) is 51.2 Å². The van der Waals surface area contributed by atoms with E-state index in [2.05, 4.69) is 20.8 Å². The van der Waals surface area contributed by atoms with Crippen molar-refractivity contribution in [1.29, 1.82) is 0 Å². The summed E-state index contributed by atoms with van der Waals surface area (Å²) in [5.41, 5.74) is 4.05. The van der Waals surface area contributed by atoms with Gasteiger partial charge in [-0.1, -0.05) is 50.6 Å². The van der Waals surface area contributed by atoms with E-state index in [0.717, 1.165) is 54.0 Å². The molecule has 0 saturated carbocycles. The predicted octanol–water partition coefficient (Wildman–Crippen LogP) is 5.41. The highest BCUT2D eigenvalue weighted by molar-refractivity contribution is 8.00. The third-order valence-electron chi connectivity index (χ3n) is 6.98. The Morgan fingerprint density at radius 2 is 1.81 bits per heavy atom. The highest BCUT2D eigenvalue weighted by atomic mass is 32.2. The molecule has 37 heavy (non-hydrogen) atoms. The number of nitrogens with zero attached hydrogens (tertiary/aromatic N) is 4. The molecule has 2 aromatic carbocycles. The van der Waals surface area contributed by atoms with Gasteiger partial charge in [-0.25, -0.2) is 9.07 Å². The lowest BCUT2D eigenvalue weighted by Crippen LogP contribution is -2.43. The first-order valence-electron chi connectivity index (χ1n) is 12.8. The lowest BCUT2D eigenvalue weighted by molar-refractivity contribution is -0.130. The minimum atomic E-state index is -0.357. The number of fused-ring (bicyclic) bond motifs is 1. The predicted molar refractivity (Wildman–Crippen MR) is 146 cm³/mol. The summed E-state index contributed by atoms with van der Waals surface area (Å²) in [6, 6.07) is 14.5. The van der Waals surface area contributed by atoms with Crippen LogP contribution in [0.2, 0.25) is 0 Å². The van der Waals surface area contributed by atoms with E-state index >= 15 is 0 Å². The van der Waals surface area contributed by atoms with E-state index < -0.39 is 0 Å². The maximum Gasteiger partial charge on any atom is 0.242 e. The summed E-state index contributed by atoms with van der Waals surface area (Å²) in [5.74, 6) is 0.261. The third-order valence-corrected chi connectivity index (χ3v) is 8.24. The average molecular weight is 521 g/mol. The van der Waals surface area contributed by atoms with Gasteiger partial charge in [0, 0.05) is 24.1 Å². The fourth-order valence-electron chi connectivity index (χ4n) is 5.07. The fourth-order valence-corrected chi connectivity index (χ4v) is 6.26. The number of likely N-dealkylation sites (tertiary alicyclic amines) is 1. The second-order valence-electron chi connectivity index (χ2n) is 10.9. The maximum atomic E-state index is 14.4. The highest BCUT2D eigenvalue weighted by Crippen LogP contribution is 2.48. The van der Waals surface area contributed by atoms with Gasteiger partial charge in [0.25, 0.3) is 0 Å². The summed E-state index contributed by atoms with van der Waals surface area (Å²) in [6.07, 6.45) is 1.97. The number of aromatic nitrogens is 2. The largest absolute Gasteiger partial charge is 0.341 e. The Bertz CT molecular complexity index is 1320. The quantitative estimate of drug-likeness (QED) is 0.462. The molecule has 1 atom stereocenters. The SMILES string of the molecule is Cc1ccc(-n2nc(C(C)(C)C)c3c2N(CC(=O)N2CCCC2)C(=O)CS[C@@H]3c2cccc(F)c2)cc1. The molecule has 8 heteroatoms. The fraction of sp³-hybridized carbons (Fsp3) is 0.414. The van der Waals surface area contributed by atoms with Gasteiger partial charge in [0.15, 0.2) is 0 Å². The number of carbonyl (C=O) groups is 2. The summed E-state index contributed by atoms with van der Waals surface area (Å²) >= 11 is 1.46. The molecule has 2 aliphatic rings. The summed E-state index contributed by atoms with van der Waals surface area (Å²) in [4.78, 5) is 30.5. The molecule has 2 amide bonds. The minimum Gasteiger partial charge on any atom is -0.341 e. The van der Waals surface area contributed by atoms with Gasteiger partial charge < -0.3 is 4.90 Å². The Kier molecular flexibility index (Phi) is 6.88. The van der Waals surface area contributed by atoms with Gasteiger partial charge in [-0.2, -0.15) is 5.10 Å². The first-order chi connectivity index (χ1) is 17.6. The van der Waals surface area contributed by atoms with Crippen LogP contribution in [0.5, 0.6) is 0 Å². The second kappa shape index (κ2) is 9.97. The molecule has 0 radical (unpaired) electrons. The monoisotopic (exact) mass is 520 g/mol. The van der Waals surface area contributed by atoms with Crippen LogP contribution in [0, 0.1) is 12.7 Å². The lowest BCUT2D eigenvalue weighted by Gasteiger charge is -2.26. The Hall–Kier alpha value is -3.13. The topological polar surface area (TPSA) is 58.4 Å². The summed E-state index contributed by atoms with van der Waals surface area (Å²) in [6.45, 7) is 9.70. The van der Waals surface area contributed by atoms with Crippen LogP contribution in [-0.4, -0.2) is 51.9 Å². The zero-order valence-electron chi connectivity index (χ0n) is 21.8. The van der Waals surface area contributed by atoms with E-state index in [-0.39, 0.29) is 40.6 Å². The molecule has 3 heterocycles. The van der Waals surface area contributed by atoms with Gasteiger partial charge in [-0.3, -0.25) is 14.5 Å². The number of anilines is 1. The van der Waals surface area contributed by atoms with Gasteiger partial charge in [-0.05, 0) is 49.6 Å². The van der Waals surface area contributed by atoms with Crippen LogP contribution in [0.4, 0.5) is 10.2 Å². The van der Waals surface area contributed by atoms with E-state index in [1.807, 2.05) is 46.8 Å². The third kappa shape index (κ3) is 5.04. The molecule has 5 rings (SSSR count). The van der Waals surface area contributed by atoms with Crippen molar-refractivity contribution in [1.82, 2.24) is 14.7 Å². The molecule has 0 N–H and O–H groups in total. The van der Waals surface area contributed by atoms with Gasteiger partial charge in [0.1, 0.15) is 18.2 Å². The van der Waals surface area contributed by atoms with Crippen LogP contribution in [0.25, 0.3) is 5.69 Å². The van der Waals surface area contributed by atoms with Crippen molar-refractivity contribution in [3.8, 4) is 5.69 Å². The molecular formula is C29H33FN4O2S. The summed E-state index contributed by atoms with van der Waals surface area (Å²) in [7, 11) is 0. The van der Waals surface area contributed by atoms with E-state index in [1.165, 1.54) is 23.9 Å². The molecular weight excluding hydrogens is 487 g/mol. The second-order valence-corrected chi connectivity index (χ2v) is 12.0. The number of amides is 2. The zero-order valence-corrected chi connectivity index (χ0v) is 22.6. The van der Waals surface area contributed by atoms with E-state index in [4.69, 9.17) is 5.10 Å². The number of halogens is 1. The molecule has 0 bridgehead atoms. The van der Waals surface area contributed by atoms with Gasteiger partial charge >= 0.3 is 0 Å². The molecule has 6 nitrogen and oxygen atoms in total. The van der Waals surface area contributed by atoms with E-state index in [9.17, 15) is 14.0 Å². The van der Waals surface area contributed by atoms with Crippen LogP contribution in [0.1, 0.15) is 61.2 Å². The minimum absolute atomic E-state index is 0.0383. The Balaban J connectivity index is 1.75. The van der Waals surface area contributed by atoms with Crippen LogP contribution in [0.3, 0.4) is 0 Å². The standard InChI is InChI=1S/C29H33FN4O2S/c1-19-10-12-22(13-11-19)34-28-25(27(31-34)29(2,3)4)26(20-8-7-9-21(30)16-20)37-18-24(36)33(28)17-23(35)32-14-5-6-15-32/h7-13,16,26H,5-6,14-15,17-18H2,1-4H3/t26-/m1/s1. The van der Waals surface area contributed by atoms with E-state index in [0.29, 0.717) is 5.82 Å². The summed E-state index contributed by atoms with van der Waals surface area (Å²) in [5, 5.41) is 4.77. The van der Waals surface area contributed by atoms with Gasteiger partial charge in [0.05, 0.1) is 22.4 Å². The molecule has 194 valence electrons. The smallest absolute Gasteiger partial charge is 0.242 e. The van der Waals surface area contributed by atoms with Crippen LogP contribution >= 0.6 is 11.8 Å². The number of rotatable bonds is 4. The molecule has 2 aliphatic heterocycles. The molecule has 1 saturated heterocycles. The van der Waals surface area contributed by atoms with Crippen LogP contribution in [0.15, 0.2) is 48.5 Å². The molecule has 1 aromatic heterocycles. The number of hydrogen-bond donors (Lipinski definition) is 0. The van der Waals surface area contributed by atoms with Crippen molar-refractivity contribution in [2.75, 3.05) is 30.3 Å². The van der Waals surface area contributed by atoms with Crippen LogP contribution in [-0.2, 0) is 15.0 Å². The highest BCUT2D eigenvalue weighted by Gasteiger charge is 2.40. The van der Waals surface area contributed by atoms with Crippen molar-refractivity contribution in [2.24, 2.45) is 0 Å².